The quantitative estimate of drug-likeness (QED) is 0.887. The Labute approximate surface area is 112 Å². The van der Waals surface area contributed by atoms with Crippen molar-refractivity contribution < 1.29 is 9.13 Å². The van der Waals surface area contributed by atoms with Crippen LogP contribution in [0, 0.1) is 5.82 Å². The number of nitrogens with two attached hydrogens (primary N) is 2. The summed E-state index contributed by atoms with van der Waals surface area (Å²) in [6.07, 6.45) is 0. The maximum absolute atomic E-state index is 13.6. The molecule has 1 atom stereocenters. The fraction of sp³-hybridized carbons (Fsp3) is 0.200. The van der Waals surface area contributed by atoms with Gasteiger partial charge in [0.1, 0.15) is 0 Å². The molecule has 0 bridgehead atoms. The van der Waals surface area contributed by atoms with Gasteiger partial charge in [0.05, 0.1) is 13.2 Å². The highest BCUT2D eigenvalue weighted by Crippen LogP contribution is 2.24. The van der Waals surface area contributed by atoms with E-state index in [1.807, 2.05) is 24.3 Å². The Morgan fingerprint density at radius 3 is 2.26 bits per heavy atom. The zero-order chi connectivity index (χ0) is 13.8. The number of hydrogen-bond acceptors (Lipinski definition) is 3. The number of ether oxygens (including phenoxy) is 1. The van der Waals surface area contributed by atoms with Gasteiger partial charge in [0.15, 0.2) is 11.6 Å². The van der Waals surface area contributed by atoms with Gasteiger partial charge in [-0.25, -0.2) is 4.39 Å². The van der Waals surface area contributed by atoms with Crippen molar-refractivity contribution in [2.45, 2.75) is 12.6 Å². The molecule has 0 radical (unpaired) electrons. The SMILES string of the molecule is COc1ccc(C(N)c2ccc(CN)cc2)cc1F. The molecule has 0 aliphatic heterocycles. The molecule has 4 N–H and O–H groups in total. The average Bonchev–Trinajstić information content (AvgIpc) is 2.46. The van der Waals surface area contributed by atoms with Crippen LogP contribution in [0.3, 0.4) is 0 Å². The molecular weight excluding hydrogens is 243 g/mol. The average molecular weight is 260 g/mol. The number of rotatable bonds is 4. The lowest BCUT2D eigenvalue weighted by atomic mass is 9.98. The highest BCUT2D eigenvalue weighted by Gasteiger charge is 2.11. The second-order valence-electron chi connectivity index (χ2n) is 4.32. The number of benzene rings is 2. The van der Waals surface area contributed by atoms with Crippen molar-refractivity contribution in [1.29, 1.82) is 0 Å². The van der Waals surface area contributed by atoms with E-state index in [4.69, 9.17) is 16.2 Å². The Morgan fingerprint density at radius 2 is 1.74 bits per heavy atom. The van der Waals surface area contributed by atoms with Crippen molar-refractivity contribution in [2.24, 2.45) is 11.5 Å². The van der Waals surface area contributed by atoms with Crippen LogP contribution in [0.2, 0.25) is 0 Å². The molecular formula is C15H17FN2O. The van der Waals surface area contributed by atoms with Crippen molar-refractivity contribution in [2.75, 3.05) is 7.11 Å². The van der Waals surface area contributed by atoms with Gasteiger partial charge in [-0.1, -0.05) is 30.3 Å². The summed E-state index contributed by atoms with van der Waals surface area (Å²) in [6.45, 7) is 0.493. The fourth-order valence-electron chi connectivity index (χ4n) is 1.93. The van der Waals surface area contributed by atoms with Crippen LogP contribution in [0.25, 0.3) is 0 Å². The monoisotopic (exact) mass is 260 g/mol. The predicted octanol–water partition coefficient (Wildman–Crippen LogP) is 2.34. The minimum absolute atomic E-state index is 0.217. The van der Waals surface area contributed by atoms with Crippen LogP contribution >= 0.6 is 0 Å². The van der Waals surface area contributed by atoms with Gasteiger partial charge in [-0.05, 0) is 28.8 Å². The molecule has 3 nitrogen and oxygen atoms in total. The summed E-state index contributed by atoms with van der Waals surface area (Å²) >= 11 is 0. The molecule has 0 fully saturated rings. The number of halogens is 1. The fourth-order valence-corrected chi connectivity index (χ4v) is 1.93. The molecule has 100 valence electrons. The lowest BCUT2D eigenvalue weighted by molar-refractivity contribution is 0.386. The zero-order valence-corrected chi connectivity index (χ0v) is 10.8. The third kappa shape index (κ3) is 2.92. The number of methoxy groups -OCH3 is 1. The molecule has 0 amide bonds. The van der Waals surface area contributed by atoms with Crippen LogP contribution in [0.4, 0.5) is 4.39 Å². The van der Waals surface area contributed by atoms with Gasteiger partial charge < -0.3 is 16.2 Å². The molecule has 0 aromatic heterocycles. The van der Waals surface area contributed by atoms with Gasteiger partial charge in [-0.3, -0.25) is 0 Å². The maximum atomic E-state index is 13.6. The van der Waals surface area contributed by atoms with Gasteiger partial charge in [-0.2, -0.15) is 0 Å². The topological polar surface area (TPSA) is 61.3 Å². The molecule has 0 saturated carbocycles. The van der Waals surface area contributed by atoms with Gasteiger partial charge in [0, 0.05) is 6.54 Å². The summed E-state index contributed by atoms with van der Waals surface area (Å²) in [6, 6.07) is 12.1. The normalized spacial score (nSPS) is 12.2. The summed E-state index contributed by atoms with van der Waals surface area (Å²) in [4.78, 5) is 0. The lowest BCUT2D eigenvalue weighted by Crippen LogP contribution is -2.12. The Hall–Kier alpha value is -1.91. The van der Waals surface area contributed by atoms with Crippen LogP contribution in [0.1, 0.15) is 22.7 Å². The van der Waals surface area contributed by atoms with E-state index in [-0.39, 0.29) is 11.8 Å². The third-order valence-corrected chi connectivity index (χ3v) is 3.11. The molecule has 0 saturated heterocycles. The minimum atomic E-state index is -0.408. The van der Waals surface area contributed by atoms with Gasteiger partial charge in [-0.15, -0.1) is 0 Å². The summed E-state index contributed by atoms with van der Waals surface area (Å²) < 4.78 is 18.5. The predicted molar refractivity (Wildman–Crippen MR) is 73.3 cm³/mol. The molecule has 0 aliphatic carbocycles. The Balaban J connectivity index is 2.27. The summed E-state index contributed by atoms with van der Waals surface area (Å²) in [5.41, 5.74) is 14.3. The Morgan fingerprint density at radius 1 is 1.11 bits per heavy atom. The summed E-state index contributed by atoms with van der Waals surface area (Å²) in [5.74, 6) is -0.191. The van der Waals surface area contributed by atoms with Crippen LogP contribution in [-0.2, 0) is 6.54 Å². The van der Waals surface area contributed by atoms with Crippen LogP contribution in [0.5, 0.6) is 5.75 Å². The molecule has 19 heavy (non-hydrogen) atoms. The first kappa shape index (κ1) is 13.5. The van der Waals surface area contributed by atoms with E-state index in [0.717, 1.165) is 11.1 Å². The molecule has 0 spiro atoms. The first-order valence-corrected chi connectivity index (χ1v) is 6.03. The molecule has 2 rings (SSSR count). The van der Waals surface area contributed by atoms with Crippen molar-refractivity contribution in [3.63, 3.8) is 0 Å². The van der Waals surface area contributed by atoms with Crippen LogP contribution < -0.4 is 16.2 Å². The molecule has 0 aliphatic rings. The van der Waals surface area contributed by atoms with E-state index in [1.54, 1.807) is 12.1 Å². The molecule has 4 heteroatoms. The van der Waals surface area contributed by atoms with E-state index >= 15 is 0 Å². The first-order chi connectivity index (χ1) is 9.15. The molecule has 0 heterocycles. The van der Waals surface area contributed by atoms with Crippen LogP contribution in [-0.4, -0.2) is 7.11 Å². The third-order valence-electron chi connectivity index (χ3n) is 3.11. The standard InChI is InChI=1S/C15H17FN2O/c1-19-14-7-6-12(8-13(14)16)15(18)11-4-2-10(9-17)3-5-11/h2-8,15H,9,17-18H2,1H3. The van der Waals surface area contributed by atoms with E-state index in [0.29, 0.717) is 12.1 Å². The molecule has 2 aromatic rings. The van der Waals surface area contributed by atoms with Gasteiger partial charge in [0.2, 0.25) is 0 Å². The number of hydrogen-bond donors (Lipinski definition) is 2. The van der Waals surface area contributed by atoms with E-state index in [9.17, 15) is 4.39 Å². The Kier molecular flexibility index (Phi) is 4.14. The van der Waals surface area contributed by atoms with Crippen LogP contribution in [0.15, 0.2) is 42.5 Å². The van der Waals surface area contributed by atoms with Crippen molar-refractivity contribution >= 4 is 0 Å². The second kappa shape index (κ2) is 5.82. The maximum Gasteiger partial charge on any atom is 0.165 e. The van der Waals surface area contributed by atoms with Crippen molar-refractivity contribution in [3.8, 4) is 5.75 Å². The van der Waals surface area contributed by atoms with Gasteiger partial charge >= 0.3 is 0 Å². The molecule has 1 unspecified atom stereocenters. The van der Waals surface area contributed by atoms with E-state index in [2.05, 4.69) is 0 Å². The largest absolute Gasteiger partial charge is 0.494 e. The lowest BCUT2D eigenvalue weighted by Gasteiger charge is -2.14. The summed E-state index contributed by atoms with van der Waals surface area (Å²) in [7, 11) is 1.43. The minimum Gasteiger partial charge on any atom is -0.494 e. The highest BCUT2D eigenvalue weighted by atomic mass is 19.1. The van der Waals surface area contributed by atoms with Gasteiger partial charge in [0.25, 0.3) is 0 Å². The second-order valence-corrected chi connectivity index (χ2v) is 4.32. The summed E-state index contributed by atoms with van der Waals surface area (Å²) in [5, 5.41) is 0. The van der Waals surface area contributed by atoms with Crippen molar-refractivity contribution in [3.05, 3.63) is 65.0 Å². The first-order valence-electron chi connectivity index (χ1n) is 6.03. The van der Waals surface area contributed by atoms with Crippen molar-refractivity contribution in [1.82, 2.24) is 0 Å². The van der Waals surface area contributed by atoms with E-state index < -0.39 is 5.82 Å². The zero-order valence-electron chi connectivity index (χ0n) is 10.8. The highest BCUT2D eigenvalue weighted by molar-refractivity contribution is 5.37. The van der Waals surface area contributed by atoms with E-state index in [1.165, 1.54) is 13.2 Å². The smallest absolute Gasteiger partial charge is 0.165 e. The molecule has 2 aromatic carbocycles. The Bertz CT molecular complexity index is 555.